The van der Waals surface area contributed by atoms with E-state index in [4.69, 9.17) is 0 Å². The number of fused-ring (bicyclic) bond motifs is 1. The van der Waals surface area contributed by atoms with Gasteiger partial charge in [0.15, 0.2) is 0 Å². The average Bonchev–Trinajstić information content (AvgIpc) is 2.60. The lowest BCUT2D eigenvalue weighted by Crippen LogP contribution is -2.20. The molecule has 3 rings (SSSR count). The van der Waals surface area contributed by atoms with Gasteiger partial charge in [-0.05, 0) is 33.3 Å². The van der Waals surface area contributed by atoms with E-state index in [-0.39, 0.29) is 9.80 Å². The number of thiocyanates is 1. The number of hydrogen-bond donors (Lipinski definition) is 0. The largest absolute Gasteiger partial charge is 0.445 e. The first-order valence-electron chi connectivity index (χ1n) is 5.51. The molecule has 1 aliphatic heterocycles. The van der Waals surface area contributed by atoms with Crippen molar-refractivity contribution in [3.05, 3.63) is 58.5 Å². The molecule has 0 amide bonds. The summed E-state index contributed by atoms with van der Waals surface area (Å²) in [6.45, 7) is 0. The van der Waals surface area contributed by atoms with E-state index < -0.39 is 15.5 Å². The molecular weight excluding hydrogens is 271 g/mol. The van der Waals surface area contributed by atoms with E-state index in [9.17, 15) is 18.4 Å². The third-order valence-corrected chi connectivity index (χ3v) is 6.20. The zero-order chi connectivity index (χ0) is 13.7. The quantitative estimate of drug-likeness (QED) is 0.683. The van der Waals surface area contributed by atoms with Gasteiger partial charge in [-0.1, -0.05) is 36.4 Å². The summed E-state index contributed by atoms with van der Waals surface area (Å²) in [5, 5.41) is 10.9. The molecule has 19 heavy (non-hydrogen) atoms. The SMILES string of the molecule is N#CS1(C(F)(F)F)C(C2=CC=C2)=Cc2ccccc21. The minimum Gasteiger partial charge on any atom is -0.186 e. The first kappa shape index (κ1) is 12.1. The van der Waals surface area contributed by atoms with Gasteiger partial charge in [0.05, 0.1) is 0 Å². The van der Waals surface area contributed by atoms with Gasteiger partial charge in [-0.25, -0.2) is 0 Å². The van der Waals surface area contributed by atoms with Gasteiger partial charge in [0, 0.05) is 9.80 Å². The zero-order valence-corrected chi connectivity index (χ0v) is 10.4. The van der Waals surface area contributed by atoms with Crippen LogP contribution in [-0.4, -0.2) is 5.51 Å². The fourth-order valence-electron chi connectivity index (χ4n) is 2.24. The van der Waals surface area contributed by atoms with E-state index in [0.29, 0.717) is 11.1 Å². The fourth-order valence-corrected chi connectivity index (χ4v) is 4.84. The summed E-state index contributed by atoms with van der Waals surface area (Å²) in [5.74, 6) is 0. The van der Waals surface area contributed by atoms with Crippen LogP contribution in [0.1, 0.15) is 5.56 Å². The smallest absolute Gasteiger partial charge is 0.186 e. The number of benzene rings is 1. The molecule has 0 fully saturated rings. The summed E-state index contributed by atoms with van der Waals surface area (Å²) >= 11 is 0. The summed E-state index contributed by atoms with van der Waals surface area (Å²) in [6.07, 6.45) is 6.40. The Hall–Kier alpha value is -1.93. The van der Waals surface area contributed by atoms with E-state index in [1.807, 2.05) is 0 Å². The molecule has 0 saturated carbocycles. The molecule has 0 bridgehead atoms. The Balaban J connectivity index is 2.30. The van der Waals surface area contributed by atoms with Gasteiger partial charge in [0.1, 0.15) is 5.40 Å². The van der Waals surface area contributed by atoms with Gasteiger partial charge in [0.2, 0.25) is 0 Å². The van der Waals surface area contributed by atoms with Crippen molar-refractivity contribution < 1.29 is 13.2 Å². The molecule has 1 aromatic rings. The number of halogens is 3. The number of rotatable bonds is 1. The Morgan fingerprint density at radius 1 is 1.16 bits per heavy atom. The van der Waals surface area contributed by atoms with Crippen LogP contribution in [0.5, 0.6) is 0 Å². The molecule has 1 heterocycles. The molecule has 0 N–H and O–H groups in total. The van der Waals surface area contributed by atoms with Crippen LogP contribution in [0.25, 0.3) is 6.08 Å². The molecule has 5 heteroatoms. The molecular formula is C14H8F3NS. The number of allylic oxidation sites excluding steroid dienone is 4. The van der Waals surface area contributed by atoms with Crippen molar-refractivity contribution >= 4 is 16.1 Å². The fraction of sp³-hybridized carbons (Fsp3) is 0.0714. The molecule has 0 saturated heterocycles. The summed E-state index contributed by atoms with van der Waals surface area (Å²) in [5.41, 5.74) is -3.57. The highest BCUT2D eigenvalue weighted by molar-refractivity contribution is 8.41. The van der Waals surface area contributed by atoms with Crippen LogP contribution in [0.3, 0.4) is 0 Å². The van der Waals surface area contributed by atoms with E-state index in [0.717, 1.165) is 0 Å². The Bertz CT molecular complexity index is 691. The van der Waals surface area contributed by atoms with Crippen LogP contribution >= 0.6 is 10.0 Å². The topological polar surface area (TPSA) is 23.8 Å². The Labute approximate surface area is 109 Å². The Morgan fingerprint density at radius 3 is 2.37 bits per heavy atom. The van der Waals surface area contributed by atoms with Crippen molar-refractivity contribution in [3.8, 4) is 5.40 Å². The van der Waals surface area contributed by atoms with E-state index >= 15 is 0 Å². The van der Waals surface area contributed by atoms with Crippen LogP contribution in [0.4, 0.5) is 13.2 Å². The molecule has 1 aromatic carbocycles. The number of nitriles is 1. The molecule has 1 aliphatic carbocycles. The van der Waals surface area contributed by atoms with Gasteiger partial charge in [-0.3, -0.25) is 0 Å². The minimum absolute atomic E-state index is 0.0983. The maximum absolute atomic E-state index is 13.6. The first-order valence-corrected chi connectivity index (χ1v) is 7.14. The molecule has 2 aliphatic rings. The van der Waals surface area contributed by atoms with Gasteiger partial charge in [0.25, 0.3) is 0 Å². The molecule has 0 spiro atoms. The third-order valence-electron chi connectivity index (χ3n) is 3.19. The lowest BCUT2D eigenvalue weighted by molar-refractivity contribution is -0.0365. The second kappa shape index (κ2) is 3.78. The van der Waals surface area contributed by atoms with Crippen LogP contribution in [0.15, 0.2) is 57.9 Å². The summed E-state index contributed by atoms with van der Waals surface area (Å²) in [4.78, 5) is 0.201. The normalized spacial score (nSPS) is 27.5. The lowest BCUT2D eigenvalue weighted by atomic mass is 10.1. The van der Waals surface area contributed by atoms with E-state index in [1.165, 1.54) is 12.1 Å². The van der Waals surface area contributed by atoms with Gasteiger partial charge in [-0.15, -0.1) is 0 Å². The highest BCUT2D eigenvalue weighted by Crippen LogP contribution is 2.77. The number of hydrogen-bond acceptors (Lipinski definition) is 1. The molecule has 1 nitrogen and oxygen atoms in total. The molecule has 0 radical (unpaired) electrons. The maximum Gasteiger partial charge on any atom is 0.445 e. The van der Waals surface area contributed by atoms with Crippen LogP contribution in [0, 0.1) is 10.7 Å². The molecule has 96 valence electrons. The second-order valence-electron chi connectivity index (χ2n) is 4.18. The monoisotopic (exact) mass is 279 g/mol. The lowest BCUT2D eigenvalue weighted by Gasteiger charge is -2.35. The van der Waals surface area contributed by atoms with Gasteiger partial charge in [-0.2, -0.15) is 18.4 Å². The van der Waals surface area contributed by atoms with Crippen molar-refractivity contribution in [2.75, 3.05) is 0 Å². The van der Waals surface area contributed by atoms with Crippen molar-refractivity contribution in [2.45, 2.75) is 10.4 Å². The highest BCUT2D eigenvalue weighted by Gasteiger charge is 2.58. The number of nitrogens with zero attached hydrogens (tertiary/aromatic N) is 1. The average molecular weight is 279 g/mol. The van der Waals surface area contributed by atoms with Gasteiger partial charge >= 0.3 is 5.51 Å². The van der Waals surface area contributed by atoms with Crippen molar-refractivity contribution in [1.29, 1.82) is 5.26 Å². The minimum atomic E-state index is -4.57. The number of alkyl halides is 3. The molecule has 1 atom stereocenters. The summed E-state index contributed by atoms with van der Waals surface area (Å²) in [6, 6.07) is 6.26. The predicted molar refractivity (Wildman–Crippen MR) is 69.2 cm³/mol. The molecule has 0 aromatic heterocycles. The van der Waals surface area contributed by atoms with Crippen molar-refractivity contribution in [3.63, 3.8) is 0 Å². The summed E-state index contributed by atoms with van der Waals surface area (Å²) in [7, 11) is -3.63. The second-order valence-corrected chi connectivity index (χ2v) is 6.93. The molecule has 1 unspecified atom stereocenters. The zero-order valence-electron chi connectivity index (χ0n) is 9.61. The predicted octanol–water partition coefficient (Wildman–Crippen LogP) is 4.70. The van der Waals surface area contributed by atoms with Crippen LogP contribution < -0.4 is 0 Å². The van der Waals surface area contributed by atoms with Crippen molar-refractivity contribution in [1.82, 2.24) is 0 Å². The van der Waals surface area contributed by atoms with Crippen molar-refractivity contribution in [2.24, 2.45) is 0 Å². The standard InChI is InChI=1S/C14H8F3NS/c15-14(16,17)19(9-18)12-7-2-1-4-11(12)8-13(19)10-5-3-6-10/h1-8H. The first-order chi connectivity index (χ1) is 9.00. The third kappa shape index (κ3) is 1.44. The maximum atomic E-state index is 13.6. The Kier molecular flexibility index (Phi) is 2.41. The van der Waals surface area contributed by atoms with E-state index in [2.05, 4.69) is 0 Å². The summed E-state index contributed by atoms with van der Waals surface area (Å²) < 4.78 is 40.8. The van der Waals surface area contributed by atoms with Gasteiger partial charge < -0.3 is 0 Å². The van der Waals surface area contributed by atoms with E-state index in [1.54, 1.807) is 41.8 Å². The van der Waals surface area contributed by atoms with Crippen LogP contribution in [-0.2, 0) is 0 Å². The highest BCUT2D eigenvalue weighted by atomic mass is 32.3. The Morgan fingerprint density at radius 2 is 1.84 bits per heavy atom. The van der Waals surface area contributed by atoms with Crippen LogP contribution in [0.2, 0.25) is 0 Å².